The van der Waals surface area contributed by atoms with Gasteiger partial charge in [-0.25, -0.2) is 4.79 Å². The van der Waals surface area contributed by atoms with Crippen molar-refractivity contribution in [2.75, 3.05) is 5.73 Å². The molecular formula is C8H7N3O3. The molecule has 0 bridgehead atoms. The van der Waals surface area contributed by atoms with Gasteiger partial charge in [-0.15, -0.1) is 0 Å². The van der Waals surface area contributed by atoms with E-state index in [1.807, 2.05) is 0 Å². The molecule has 0 atom stereocenters. The molecule has 0 amide bonds. The maximum Gasteiger partial charge on any atom is 0.335 e. The number of nitrogens with one attached hydrogen (secondary N) is 2. The SMILES string of the molecule is Nc1cc(C(=O)O)cc2[nH][nH]c(=O)c12. The summed E-state index contributed by atoms with van der Waals surface area (Å²) in [6.45, 7) is 0. The van der Waals surface area contributed by atoms with Crippen molar-refractivity contribution in [1.82, 2.24) is 10.2 Å². The number of nitrogens with two attached hydrogens (primary N) is 1. The highest BCUT2D eigenvalue weighted by atomic mass is 16.4. The standard InChI is InChI=1S/C8H7N3O3/c9-4-1-3(8(13)14)2-5-6(4)7(12)11-10-5/h1-2H,9H2,(H,13,14)(H2,10,11,12). The molecule has 5 N–H and O–H groups in total. The average molecular weight is 193 g/mol. The van der Waals surface area contributed by atoms with Gasteiger partial charge in [-0.3, -0.25) is 15.0 Å². The molecule has 0 saturated carbocycles. The number of rotatable bonds is 1. The van der Waals surface area contributed by atoms with E-state index in [0.717, 1.165) is 0 Å². The third kappa shape index (κ3) is 1.05. The van der Waals surface area contributed by atoms with Crippen LogP contribution in [0.25, 0.3) is 10.9 Å². The fourth-order valence-electron chi connectivity index (χ4n) is 1.33. The van der Waals surface area contributed by atoms with E-state index in [1.165, 1.54) is 12.1 Å². The summed E-state index contributed by atoms with van der Waals surface area (Å²) in [6.07, 6.45) is 0. The van der Waals surface area contributed by atoms with Crippen LogP contribution in [0.15, 0.2) is 16.9 Å². The minimum atomic E-state index is -1.08. The Kier molecular flexibility index (Phi) is 1.57. The number of anilines is 1. The summed E-state index contributed by atoms with van der Waals surface area (Å²) in [5.41, 5.74) is 5.78. The first-order valence-corrected chi connectivity index (χ1v) is 3.83. The zero-order valence-electron chi connectivity index (χ0n) is 7.00. The Bertz CT molecular complexity index is 567. The topological polar surface area (TPSA) is 112 Å². The number of carbonyl (C=O) groups is 1. The number of aromatic amines is 2. The van der Waals surface area contributed by atoms with Crippen molar-refractivity contribution < 1.29 is 9.90 Å². The average Bonchev–Trinajstić information content (AvgIpc) is 2.48. The van der Waals surface area contributed by atoms with Crippen LogP contribution in [0.3, 0.4) is 0 Å². The first-order valence-electron chi connectivity index (χ1n) is 3.83. The van der Waals surface area contributed by atoms with Crippen LogP contribution in [0.2, 0.25) is 0 Å². The maximum atomic E-state index is 11.2. The second-order valence-electron chi connectivity index (χ2n) is 2.87. The molecule has 0 aliphatic rings. The van der Waals surface area contributed by atoms with Gasteiger partial charge in [0.1, 0.15) is 0 Å². The summed E-state index contributed by atoms with van der Waals surface area (Å²) in [5.74, 6) is -1.08. The van der Waals surface area contributed by atoms with Crippen molar-refractivity contribution in [3.63, 3.8) is 0 Å². The van der Waals surface area contributed by atoms with Crippen LogP contribution in [-0.2, 0) is 0 Å². The van der Waals surface area contributed by atoms with E-state index >= 15 is 0 Å². The molecule has 0 unspecified atom stereocenters. The van der Waals surface area contributed by atoms with E-state index < -0.39 is 5.97 Å². The fraction of sp³-hybridized carbons (Fsp3) is 0. The Hall–Kier alpha value is -2.24. The summed E-state index contributed by atoms with van der Waals surface area (Å²) in [6, 6.07) is 2.61. The molecule has 0 fully saturated rings. The number of hydrogen-bond acceptors (Lipinski definition) is 3. The Labute approximate surface area is 77.3 Å². The molecule has 2 aromatic rings. The Morgan fingerprint density at radius 2 is 2.07 bits per heavy atom. The molecule has 1 aromatic carbocycles. The van der Waals surface area contributed by atoms with Crippen LogP contribution < -0.4 is 11.3 Å². The molecule has 6 heteroatoms. The highest BCUT2D eigenvalue weighted by Gasteiger charge is 2.10. The number of carboxylic acid groups (broad SMARTS) is 1. The Balaban J connectivity index is 2.87. The van der Waals surface area contributed by atoms with Gasteiger partial charge >= 0.3 is 5.97 Å². The summed E-state index contributed by atoms with van der Waals surface area (Å²) < 4.78 is 0. The molecule has 6 nitrogen and oxygen atoms in total. The van der Waals surface area contributed by atoms with Gasteiger partial charge in [-0.05, 0) is 12.1 Å². The number of aromatic nitrogens is 2. The number of nitrogen functional groups attached to an aromatic ring is 1. The highest BCUT2D eigenvalue weighted by Crippen LogP contribution is 2.17. The zero-order valence-corrected chi connectivity index (χ0v) is 7.00. The molecule has 14 heavy (non-hydrogen) atoms. The first-order chi connectivity index (χ1) is 6.59. The van der Waals surface area contributed by atoms with Crippen LogP contribution in [0.1, 0.15) is 10.4 Å². The van der Waals surface area contributed by atoms with Crippen molar-refractivity contribution in [2.24, 2.45) is 0 Å². The van der Waals surface area contributed by atoms with Crippen LogP contribution in [0, 0.1) is 0 Å². The molecule has 0 radical (unpaired) electrons. The van der Waals surface area contributed by atoms with Crippen LogP contribution >= 0.6 is 0 Å². The van der Waals surface area contributed by atoms with E-state index in [-0.39, 0.29) is 22.2 Å². The molecule has 1 aromatic heterocycles. The molecular weight excluding hydrogens is 186 g/mol. The third-order valence-corrected chi connectivity index (χ3v) is 1.95. The largest absolute Gasteiger partial charge is 0.478 e. The number of fused-ring (bicyclic) bond motifs is 1. The lowest BCUT2D eigenvalue weighted by Gasteiger charge is -1.97. The smallest absolute Gasteiger partial charge is 0.335 e. The minimum Gasteiger partial charge on any atom is -0.478 e. The van der Waals surface area contributed by atoms with Gasteiger partial charge in [0.25, 0.3) is 5.56 Å². The van der Waals surface area contributed by atoms with E-state index in [1.54, 1.807) is 0 Å². The van der Waals surface area contributed by atoms with Gasteiger partial charge in [-0.2, -0.15) is 0 Å². The van der Waals surface area contributed by atoms with Crippen molar-refractivity contribution in [3.8, 4) is 0 Å². The second-order valence-corrected chi connectivity index (χ2v) is 2.87. The van der Waals surface area contributed by atoms with Gasteiger partial charge in [0.2, 0.25) is 0 Å². The normalized spacial score (nSPS) is 10.6. The van der Waals surface area contributed by atoms with Crippen LogP contribution in [0.5, 0.6) is 0 Å². The van der Waals surface area contributed by atoms with E-state index in [4.69, 9.17) is 10.8 Å². The molecule has 0 saturated heterocycles. The van der Waals surface area contributed by atoms with Crippen molar-refractivity contribution in [1.29, 1.82) is 0 Å². The number of carboxylic acids is 1. The van der Waals surface area contributed by atoms with E-state index in [2.05, 4.69) is 10.2 Å². The van der Waals surface area contributed by atoms with Crippen LogP contribution in [-0.4, -0.2) is 21.3 Å². The van der Waals surface area contributed by atoms with Crippen molar-refractivity contribution in [3.05, 3.63) is 28.0 Å². The number of hydrogen-bond donors (Lipinski definition) is 4. The number of H-pyrrole nitrogens is 2. The predicted molar refractivity (Wildman–Crippen MR) is 50.3 cm³/mol. The number of aromatic carboxylic acids is 1. The van der Waals surface area contributed by atoms with Gasteiger partial charge in [0.05, 0.1) is 16.5 Å². The third-order valence-electron chi connectivity index (χ3n) is 1.95. The number of benzene rings is 1. The van der Waals surface area contributed by atoms with Gasteiger partial charge < -0.3 is 10.8 Å². The zero-order chi connectivity index (χ0) is 10.3. The summed E-state index contributed by atoms with van der Waals surface area (Å²) in [5, 5.41) is 13.9. The molecule has 0 aliphatic carbocycles. The van der Waals surface area contributed by atoms with Gasteiger partial charge in [0.15, 0.2) is 0 Å². The van der Waals surface area contributed by atoms with Crippen LogP contribution in [0.4, 0.5) is 5.69 Å². The molecule has 0 aliphatic heterocycles. The van der Waals surface area contributed by atoms with Crippen molar-refractivity contribution in [2.45, 2.75) is 0 Å². The lowest BCUT2D eigenvalue weighted by molar-refractivity contribution is 0.0697. The lowest BCUT2D eigenvalue weighted by Crippen LogP contribution is -2.03. The predicted octanol–water partition coefficient (Wildman–Crippen LogP) is 0.137. The summed E-state index contributed by atoms with van der Waals surface area (Å²) >= 11 is 0. The monoisotopic (exact) mass is 193 g/mol. The maximum absolute atomic E-state index is 11.2. The summed E-state index contributed by atoms with van der Waals surface area (Å²) in [4.78, 5) is 21.8. The van der Waals surface area contributed by atoms with Gasteiger partial charge in [-0.1, -0.05) is 0 Å². The minimum absolute atomic E-state index is 0.0465. The Morgan fingerprint density at radius 3 is 2.71 bits per heavy atom. The lowest BCUT2D eigenvalue weighted by atomic mass is 10.1. The quantitative estimate of drug-likeness (QED) is 0.482. The van der Waals surface area contributed by atoms with E-state index in [0.29, 0.717) is 5.52 Å². The second kappa shape index (κ2) is 2.63. The first kappa shape index (κ1) is 8.36. The molecule has 2 rings (SSSR count). The highest BCUT2D eigenvalue weighted by molar-refractivity contribution is 5.98. The van der Waals surface area contributed by atoms with Crippen molar-refractivity contribution >= 4 is 22.6 Å². The molecule has 0 spiro atoms. The summed E-state index contributed by atoms with van der Waals surface area (Å²) in [7, 11) is 0. The molecule has 72 valence electrons. The Morgan fingerprint density at radius 1 is 1.36 bits per heavy atom. The molecule has 1 heterocycles. The fourth-order valence-corrected chi connectivity index (χ4v) is 1.33. The van der Waals surface area contributed by atoms with Gasteiger partial charge in [0, 0.05) is 5.69 Å². The van der Waals surface area contributed by atoms with E-state index in [9.17, 15) is 9.59 Å².